The average molecular weight is 525 g/mol. The monoisotopic (exact) mass is 523 g/mol. The third-order valence-electron chi connectivity index (χ3n) is 6.67. The quantitative estimate of drug-likeness (QED) is 0.554. The van der Waals surface area contributed by atoms with Crippen molar-refractivity contribution in [2.24, 2.45) is 5.92 Å². The molecular formula is C25H31Cl2N3O3S. The molecule has 2 saturated heterocycles. The Morgan fingerprint density at radius 1 is 0.941 bits per heavy atom. The van der Waals surface area contributed by atoms with Gasteiger partial charge in [-0.3, -0.25) is 9.69 Å². The van der Waals surface area contributed by atoms with E-state index in [9.17, 15) is 13.2 Å². The highest BCUT2D eigenvalue weighted by molar-refractivity contribution is 7.88. The molecule has 1 amide bonds. The summed E-state index contributed by atoms with van der Waals surface area (Å²) in [7, 11) is -3.52. The molecule has 2 heterocycles. The molecule has 0 bridgehead atoms. The smallest absolute Gasteiger partial charge is 0.223 e. The van der Waals surface area contributed by atoms with E-state index >= 15 is 0 Å². The number of likely N-dealkylation sites (tertiary alicyclic amines) is 1. The molecule has 9 heteroatoms. The number of nitrogens with zero attached hydrogens (tertiary/aromatic N) is 2. The van der Waals surface area contributed by atoms with Crippen LogP contribution in [0.25, 0.3) is 0 Å². The maximum atomic E-state index is 12.8. The highest BCUT2D eigenvalue weighted by atomic mass is 35.5. The lowest BCUT2D eigenvalue weighted by Gasteiger charge is -2.30. The summed E-state index contributed by atoms with van der Waals surface area (Å²) in [6, 6.07) is 13.2. The van der Waals surface area contributed by atoms with Crippen LogP contribution in [0, 0.1) is 5.92 Å². The predicted molar refractivity (Wildman–Crippen MR) is 136 cm³/mol. The van der Waals surface area contributed by atoms with Crippen LogP contribution in [0.1, 0.15) is 42.4 Å². The van der Waals surface area contributed by atoms with Crippen molar-refractivity contribution in [3.05, 3.63) is 69.2 Å². The van der Waals surface area contributed by atoms with Crippen LogP contribution < -0.4 is 5.32 Å². The first-order chi connectivity index (χ1) is 16.3. The molecule has 2 aromatic carbocycles. The summed E-state index contributed by atoms with van der Waals surface area (Å²) in [5.74, 6) is -0.368. The molecule has 34 heavy (non-hydrogen) atoms. The number of amides is 1. The van der Waals surface area contributed by atoms with Crippen LogP contribution >= 0.6 is 23.2 Å². The van der Waals surface area contributed by atoms with Gasteiger partial charge in [0.2, 0.25) is 15.9 Å². The minimum absolute atomic E-state index is 0.0149. The summed E-state index contributed by atoms with van der Waals surface area (Å²) in [4.78, 5) is 15.1. The molecule has 0 aliphatic carbocycles. The topological polar surface area (TPSA) is 69.7 Å². The number of sulfonamides is 1. The Kier molecular flexibility index (Phi) is 8.53. The van der Waals surface area contributed by atoms with Gasteiger partial charge in [0.15, 0.2) is 0 Å². The fourth-order valence-corrected chi connectivity index (χ4v) is 6.77. The first-order valence-corrected chi connectivity index (χ1v) is 14.2. The van der Waals surface area contributed by atoms with E-state index in [-0.39, 0.29) is 17.6 Å². The summed E-state index contributed by atoms with van der Waals surface area (Å²) in [5, 5.41) is 3.83. The van der Waals surface area contributed by atoms with Crippen molar-refractivity contribution < 1.29 is 13.2 Å². The minimum Gasteiger partial charge on any atom is -0.352 e. The molecule has 4 rings (SSSR count). The number of carbonyl (C=O) groups excluding carboxylic acids is 1. The van der Waals surface area contributed by atoms with Crippen molar-refractivity contribution in [2.75, 3.05) is 26.2 Å². The molecular weight excluding hydrogens is 493 g/mol. The molecule has 0 aromatic heterocycles. The van der Waals surface area contributed by atoms with Crippen molar-refractivity contribution >= 4 is 39.1 Å². The Bertz CT molecular complexity index is 1090. The number of hydrogen-bond donors (Lipinski definition) is 1. The van der Waals surface area contributed by atoms with Gasteiger partial charge in [0.05, 0.1) is 5.75 Å². The zero-order valence-corrected chi connectivity index (χ0v) is 21.5. The summed E-state index contributed by atoms with van der Waals surface area (Å²) >= 11 is 12.0. The van der Waals surface area contributed by atoms with Crippen LogP contribution in [0.3, 0.4) is 0 Å². The molecule has 0 saturated carbocycles. The van der Waals surface area contributed by atoms with Gasteiger partial charge in [0.25, 0.3) is 0 Å². The van der Waals surface area contributed by atoms with Crippen molar-refractivity contribution in [1.29, 1.82) is 0 Å². The Hall–Kier alpha value is -1.64. The standard InChI is InChI=1S/C25H31Cl2N3O3S/c26-23-8-7-22(24(27)15-23)18-34(32,33)30-13-9-21(10-14-30)25(31)28-16-19-3-5-20(6-4-19)17-29-11-1-2-12-29/h3-8,15,21H,1-2,9-14,16-18H2,(H,28,31). The minimum atomic E-state index is -3.52. The molecule has 2 aliphatic heterocycles. The van der Waals surface area contributed by atoms with E-state index in [2.05, 4.69) is 34.5 Å². The largest absolute Gasteiger partial charge is 0.352 e. The molecule has 2 aliphatic rings. The highest BCUT2D eigenvalue weighted by Crippen LogP contribution is 2.26. The summed E-state index contributed by atoms with van der Waals surface area (Å²) in [6.07, 6.45) is 3.58. The van der Waals surface area contributed by atoms with E-state index in [0.29, 0.717) is 48.1 Å². The van der Waals surface area contributed by atoms with Gasteiger partial charge in [-0.2, -0.15) is 0 Å². The average Bonchev–Trinajstić information content (AvgIpc) is 3.33. The summed E-state index contributed by atoms with van der Waals surface area (Å²) < 4.78 is 27.2. The molecule has 6 nitrogen and oxygen atoms in total. The fourth-order valence-electron chi connectivity index (χ4n) is 4.62. The van der Waals surface area contributed by atoms with Gasteiger partial charge < -0.3 is 5.32 Å². The second kappa shape index (κ2) is 11.4. The van der Waals surface area contributed by atoms with E-state index in [1.807, 2.05) is 0 Å². The second-order valence-electron chi connectivity index (χ2n) is 9.18. The van der Waals surface area contributed by atoms with Gasteiger partial charge >= 0.3 is 0 Å². The zero-order chi connectivity index (χ0) is 24.1. The first kappa shape index (κ1) is 25.5. The van der Waals surface area contributed by atoms with Gasteiger partial charge in [0.1, 0.15) is 0 Å². The second-order valence-corrected chi connectivity index (χ2v) is 12.0. The maximum Gasteiger partial charge on any atom is 0.223 e. The van der Waals surface area contributed by atoms with Crippen LogP contribution in [0.4, 0.5) is 0 Å². The van der Waals surface area contributed by atoms with Crippen LogP contribution in [0.15, 0.2) is 42.5 Å². The maximum absolute atomic E-state index is 12.8. The molecule has 0 spiro atoms. The van der Waals surface area contributed by atoms with Crippen LogP contribution in [0.5, 0.6) is 0 Å². The number of halogens is 2. The zero-order valence-electron chi connectivity index (χ0n) is 19.2. The normalized spacial score (nSPS) is 18.3. The highest BCUT2D eigenvalue weighted by Gasteiger charge is 2.31. The van der Waals surface area contributed by atoms with E-state index in [4.69, 9.17) is 23.2 Å². The van der Waals surface area contributed by atoms with E-state index < -0.39 is 10.0 Å². The van der Waals surface area contributed by atoms with Crippen LogP contribution in [-0.2, 0) is 33.7 Å². The van der Waals surface area contributed by atoms with Gasteiger partial charge in [-0.05, 0) is 67.6 Å². The van der Waals surface area contributed by atoms with Crippen LogP contribution in [-0.4, -0.2) is 49.7 Å². The number of piperidine rings is 1. The predicted octanol–water partition coefficient (Wildman–Crippen LogP) is 4.45. The molecule has 2 fully saturated rings. The fraction of sp³-hybridized carbons (Fsp3) is 0.480. The van der Waals surface area contributed by atoms with Crippen LogP contribution in [0.2, 0.25) is 10.0 Å². The summed E-state index contributed by atoms with van der Waals surface area (Å²) in [5.41, 5.74) is 2.89. The van der Waals surface area contributed by atoms with Gasteiger partial charge in [-0.15, -0.1) is 0 Å². The van der Waals surface area contributed by atoms with E-state index in [1.54, 1.807) is 18.2 Å². The van der Waals surface area contributed by atoms with E-state index in [0.717, 1.165) is 12.1 Å². The lowest BCUT2D eigenvalue weighted by Crippen LogP contribution is -2.43. The summed E-state index contributed by atoms with van der Waals surface area (Å²) in [6.45, 7) is 4.47. The third-order valence-corrected chi connectivity index (χ3v) is 9.08. The van der Waals surface area contributed by atoms with Crippen molar-refractivity contribution in [3.8, 4) is 0 Å². The molecule has 1 N–H and O–H groups in total. The third kappa shape index (κ3) is 6.73. The Morgan fingerprint density at radius 2 is 1.59 bits per heavy atom. The molecule has 0 atom stereocenters. The number of carbonyl (C=O) groups is 1. The number of rotatable bonds is 8. The SMILES string of the molecule is O=C(NCc1ccc(CN2CCCC2)cc1)C1CCN(S(=O)(=O)Cc2ccc(Cl)cc2Cl)CC1. The van der Waals surface area contributed by atoms with Gasteiger partial charge in [-0.1, -0.05) is 53.5 Å². The van der Waals surface area contributed by atoms with Crippen molar-refractivity contribution in [2.45, 2.75) is 44.5 Å². The van der Waals surface area contributed by atoms with E-state index in [1.165, 1.54) is 35.8 Å². The Balaban J connectivity index is 1.23. The molecule has 0 radical (unpaired) electrons. The lowest BCUT2D eigenvalue weighted by molar-refractivity contribution is -0.126. The molecule has 0 unspecified atom stereocenters. The Morgan fingerprint density at radius 3 is 2.24 bits per heavy atom. The lowest BCUT2D eigenvalue weighted by atomic mass is 9.97. The van der Waals surface area contributed by atoms with Crippen molar-refractivity contribution in [1.82, 2.24) is 14.5 Å². The van der Waals surface area contributed by atoms with Crippen molar-refractivity contribution in [3.63, 3.8) is 0 Å². The number of nitrogens with one attached hydrogen (secondary N) is 1. The molecule has 184 valence electrons. The number of hydrogen-bond acceptors (Lipinski definition) is 4. The van der Waals surface area contributed by atoms with Gasteiger partial charge in [0, 0.05) is 42.1 Å². The molecule has 2 aromatic rings. The van der Waals surface area contributed by atoms with Gasteiger partial charge in [-0.25, -0.2) is 12.7 Å². The first-order valence-electron chi connectivity index (χ1n) is 11.8. The number of benzene rings is 2. The Labute approximate surface area is 212 Å².